The van der Waals surface area contributed by atoms with Gasteiger partial charge in [0.2, 0.25) is 0 Å². The molecule has 0 aromatic carbocycles. The number of nitrogens with one attached hydrogen (secondary N) is 1. The maximum Gasteiger partial charge on any atom is 0.0863 e. The molecule has 0 aliphatic carbocycles. The Hall–Kier alpha value is -0.190. The topological polar surface area (TPSA) is 29.9 Å². The summed E-state index contributed by atoms with van der Waals surface area (Å²) in [6, 6.07) is 0. The Balaban J connectivity index is 1.84. The highest BCUT2D eigenvalue weighted by atomic mass is 35.5. The molecule has 0 atom stereocenters. The molecule has 1 aliphatic heterocycles. The number of thioether (sulfide) groups is 1. The van der Waals surface area contributed by atoms with Gasteiger partial charge in [-0.25, -0.2) is 0 Å². The molecule has 0 radical (unpaired) electrons. The standard InChI is InChI=1S/C13H22ClN3S/c1-3-11-13(14)12(17(2)16-11)9-15-8-10-4-6-18-7-5-10/h10,15H,3-9H2,1-2H3. The van der Waals surface area contributed by atoms with Crippen LogP contribution in [0.5, 0.6) is 0 Å². The maximum absolute atomic E-state index is 6.32. The van der Waals surface area contributed by atoms with E-state index in [1.807, 2.05) is 11.7 Å². The average molecular weight is 288 g/mol. The molecule has 0 spiro atoms. The van der Waals surface area contributed by atoms with Crippen LogP contribution in [0.1, 0.15) is 31.2 Å². The molecule has 18 heavy (non-hydrogen) atoms. The monoisotopic (exact) mass is 287 g/mol. The minimum Gasteiger partial charge on any atom is -0.311 e. The second-order valence-corrected chi connectivity index (χ2v) is 6.47. The number of hydrogen-bond acceptors (Lipinski definition) is 3. The van der Waals surface area contributed by atoms with Gasteiger partial charge in [-0.15, -0.1) is 0 Å². The normalized spacial score (nSPS) is 17.3. The Bertz CT molecular complexity index is 386. The fraction of sp³-hybridized carbons (Fsp3) is 0.769. The molecule has 1 N–H and O–H groups in total. The number of hydrogen-bond donors (Lipinski definition) is 1. The summed E-state index contributed by atoms with van der Waals surface area (Å²) in [6.07, 6.45) is 3.58. The molecule has 1 aromatic heterocycles. The minimum atomic E-state index is 0.825. The largest absolute Gasteiger partial charge is 0.311 e. The van der Waals surface area contributed by atoms with Crippen LogP contribution in [-0.4, -0.2) is 27.8 Å². The summed E-state index contributed by atoms with van der Waals surface area (Å²) in [5.74, 6) is 3.47. The quantitative estimate of drug-likeness (QED) is 0.903. The average Bonchev–Trinajstić information content (AvgIpc) is 2.67. The van der Waals surface area contributed by atoms with Crippen LogP contribution in [-0.2, 0) is 20.0 Å². The van der Waals surface area contributed by atoms with Crippen LogP contribution in [0, 0.1) is 5.92 Å². The van der Waals surface area contributed by atoms with E-state index in [2.05, 4.69) is 29.1 Å². The van der Waals surface area contributed by atoms with Gasteiger partial charge >= 0.3 is 0 Å². The molecule has 0 saturated carbocycles. The first kappa shape index (κ1) is 14.2. The van der Waals surface area contributed by atoms with E-state index in [9.17, 15) is 0 Å². The molecule has 1 aromatic rings. The Morgan fingerprint density at radius 3 is 2.78 bits per heavy atom. The number of nitrogens with zero attached hydrogens (tertiary/aromatic N) is 2. The number of halogens is 1. The van der Waals surface area contributed by atoms with Crippen LogP contribution in [0.15, 0.2) is 0 Å². The third-order valence-electron chi connectivity index (χ3n) is 3.57. The highest BCUT2D eigenvalue weighted by molar-refractivity contribution is 7.99. The molecule has 5 heteroatoms. The molecule has 3 nitrogen and oxygen atoms in total. The molecule has 102 valence electrons. The highest BCUT2D eigenvalue weighted by Crippen LogP contribution is 2.23. The minimum absolute atomic E-state index is 0.825. The lowest BCUT2D eigenvalue weighted by Crippen LogP contribution is -2.26. The van der Waals surface area contributed by atoms with Gasteiger partial charge in [-0.05, 0) is 43.2 Å². The molecule has 1 aliphatic rings. The van der Waals surface area contributed by atoms with Crippen molar-refractivity contribution in [3.63, 3.8) is 0 Å². The van der Waals surface area contributed by atoms with E-state index < -0.39 is 0 Å². The molecule has 0 bridgehead atoms. The zero-order chi connectivity index (χ0) is 13.0. The fourth-order valence-corrected chi connectivity index (χ4v) is 3.92. The van der Waals surface area contributed by atoms with Crippen molar-refractivity contribution in [3.8, 4) is 0 Å². The molecule has 2 heterocycles. The zero-order valence-electron chi connectivity index (χ0n) is 11.2. The third kappa shape index (κ3) is 3.43. The second-order valence-electron chi connectivity index (χ2n) is 4.87. The SMILES string of the molecule is CCc1nn(C)c(CNCC2CCSCC2)c1Cl. The lowest BCUT2D eigenvalue weighted by molar-refractivity contribution is 0.443. The van der Waals surface area contributed by atoms with Crippen LogP contribution in [0.4, 0.5) is 0 Å². The summed E-state index contributed by atoms with van der Waals surface area (Å²) < 4.78 is 1.91. The second kappa shape index (κ2) is 6.83. The fourth-order valence-electron chi connectivity index (χ4n) is 2.36. The van der Waals surface area contributed by atoms with Crippen molar-refractivity contribution < 1.29 is 0 Å². The van der Waals surface area contributed by atoms with Crippen LogP contribution >= 0.6 is 23.4 Å². The van der Waals surface area contributed by atoms with Gasteiger partial charge in [0.05, 0.1) is 16.4 Å². The molecule has 1 fully saturated rings. The molecular formula is C13H22ClN3S. The Morgan fingerprint density at radius 2 is 2.17 bits per heavy atom. The van der Waals surface area contributed by atoms with Gasteiger partial charge < -0.3 is 5.32 Å². The van der Waals surface area contributed by atoms with E-state index in [1.54, 1.807) is 0 Å². The summed E-state index contributed by atoms with van der Waals surface area (Å²) in [6.45, 7) is 4.01. The summed E-state index contributed by atoms with van der Waals surface area (Å²) >= 11 is 8.40. The van der Waals surface area contributed by atoms with E-state index in [4.69, 9.17) is 11.6 Å². The number of rotatable bonds is 5. The summed E-state index contributed by atoms with van der Waals surface area (Å²) in [5, 5.41) is 8.81. The Morgan fingerprint density at radius 1 is 1.44 bits per heavy atom. The van der Waals surface area contributed by atoms with E-state index >= 15 is 0 Å². The van der Waals surface area contributed by atoms with Gasteiger partial charge in [0.15, 0.2) is 0 Å². The Kier molecular flexibility index (Phi) is 5.39. The predicted molar refractivity (Wildman–Crippen MR) is 79.4 cm³/mol. The lowest BCUT2D eigenvalue weighted by Gasteiger charge is -2.21. The van der Waals surface area contributed by atoms with Crippen LogP contribution in [0.25, 0.3) is 0 Å². The number of aryl methyl sites for hydroxylation is 2. The van der Waals surface area contributed by atoms with E-state index in [0.29, 0.717) is 0 Å². The van der Waals surface area contributed by atoms with Gasteiger partial charge in [0.1, 0.15) is 0 Å². The van der Waals surface area contributed by atoms with E-state index in [-0.39, 0.29) is 0 Å². The lowest BCUT2D eigenvalue weighted by atomic mass is 10.0. The smallest absolute Gasteiger partial charge is 0.0863 e. The van der Waals surface area contributed by atoms with Crippen LogP contribution < -0.4 is 5.32 Å². The summed E-state index contributed by atoms with van der Waals surface area (Å²) in [5.41, 5.74) is 2.11. The van der Waals surface area contributed by atoms with Crippen molar-refractivity contribution >= 4 is 23.4 Å². The molecule has 0 amide bonds. The van der Waals surface area contributed by atoms with Crippen molar-refractivity contribution in [3.05, 3.63) is 16.4 Å². The van der Waals surface area contributed by atoms with Crippen molar-refractivity contribution in [2.75, 3.05) is 18.1 Å². The predicted octanol–water partition coefficient (Wildman–Crippen LogP) is 2.87. The van der Waals surface area contributed by atoms with Crippen LogP contribution in [0.3, 0.4) is 0 Å². The van der Waals surface area contributed by atoms with E-state index in [0.717, 1.165) is 41.8 Å². The first-order valence-corrected chi connectivity index (χ1v) is 8.24. The van der Waals surface area contributed by atoms with Gasteiger partial charge in [0, 0.05) is 13.6 Å². The summed E-state index contributed by atoms with van der Waals surface area (Å²) in [7, 11) is 1.97. The van der Waals surface area contributed by atoms with E-state index in [1.165, 1.54) is 24.3 Å². The molecule has 0 unspecified atom stereocenters. The first-order chi connectivity index (χ1) is 8.72. The molecule has 1 saturated heterocycles. The highest BCUT2D eigenvalue weighted by Gasteiger charge is 2.15. The van der Waals surface area contributed by atoms with Gasteiger partial charge in [-0.3, -0.25) is 4.68 Å². The maximum atomic E-state index is 6.32. The Labute approximate surface area is 119 Å². The van der Waals surface area contributed by atoms with Crippen molar-refractivity contribution in [1.82, 2.24) is 15.1 Å². The van der Waals surface area contributed by atoms with Crippen molar-refractivity contribution in [2.45, 2.75) is 32.7 Å². The molecule has 2 rings (SSSR count). The third-order valence-corrected chi connectivity index (χ3v) is 5.05. The van der Waals surface area contributed by atoms with Gasteiger partial charge in [0.25, 0.3) is 0 Å². The summed E-state index contributed by atoms with van der Waals surface area (Å²) in [4.78, 5) is 0. The van der Waals surface area contributed by atoms with Crippen LogP contribution in [0.2, 0.25) is 5.02 Å². The van der Waals surface area contributed by atoms with Gasteiger partial charge in [-0.1, -0.05) is 18.5 Å². The first-order valence-electron chi connectivity index (χ1n) is 6.71. The van der Waals surface area contributed by atoms with Gasteiger partial charge in [-0.2, -0.15) is 16.9 Å². The number of aromatic nitrogens is 2. The van der Waals surface area contributed by atoms with Crippen molar-refractivity contribution in [1.29, 1.82) is 0 Å². The zero-order valence-corrected chi connectivity index (χ0v) is 12.8. The van der Waals surface area contributed by atoms with Crippen molar-refractivity contribution in [2.24, 2.45) is 13.0 Å². The molecular weight excluding hydrogens is 266 g/mol.